The Balaban J connectivity index is 1.58. The van der Waals surface area contributed by atoms with Crippen molar-refractivity contribution in [1.82, 2.24) is 14.5 Å². The zero-order chi connectivity index (χ0) is 27.1. The third-order valence-electron chi connectivity index (χ3n) is 7.28. The van der Waals surface area contributed by atoms with Gasteiger partial charge in [-0.2, -0.15) is 4.39 Å². The molecule has 0 bridgehead atoms. The lowest BCUT2D eigenvalue weighted by atomic mass is 9.93. The number of aromatic nitrogens is 2. The van der Waals surface area contributed by atoms with Crippen LogP contribution in [0.4, 0.5) is 24.7 Å². The van der Waals surface area contributed by atoms with Gasteiger partial charge in [0.2, 0.25) is 11.3 Å². The first-order valence-electron chi connectivity index (χ1n) is 12.3. The van der Waals surface area contributed by atoms with E-state index in [1.54, 1.807) is 30.3 Å². The van der Waals surface area contributed by atoms with Gasteiger partial charge in [-0.05, 0) is 61.4 Å². The minimum Gasteiger partial charge on any atom is -0.361 e. The Morgan fingerprint density at radius 3 is 2.03 bits per heavy atom. The number of benzene rings is 2. The molecule has 0 spiro atoms. The summed E-state index contributed by atoms with van der Waals surface area (Å²) in [6.07, 6.45) is 0. The maximum Gasteiger partial charge on any atom is 0.289 e. The summed E-state index contributed by atoms with van der Waals surface area (Å²) in [5.41, 5.74) is 1.73. The maximum absolute atomic E-state index is 15.6. The number of hydrogen-bond donors (Lipinski definition) is 0. The molecule has 4 aromatic rings. The molecule has 9 heteroatoms. The van der Waals surface area contributed by atoms with Gasteiger partial charge in [0.1, 0.15) is 17.3 Å². The second-order valence-corrected chi connectivity index (χ2v) is 9.73. The van der Waals surface area contributed by atoms with Crippen molar-refractivity contribution in [1.29, 1.82) is 0 Å². The fourth-order valence-corrected chi connectivity index (χ4v) is 5.36. The molecule has 38 heavy (non-hydrogen) atoms. The van der Waals surface area contributed by atoms with Crippen LogP contribution in [0.3, 0.4) is 0 Å². The fourth-order valence-electron chi connectivity index (χ4n) is 5.36. The number of piperazine rings is 1. The molecule has 0 saturated carbocycles. The quantitative estimate of drug-likeness (QED) is 0.331. The van der Waals surface area contributed by atoms with Gasteiger partial charge in [0.25, 0.3) is 11.4 Å². The van der Waals surface area contributed by atoms with E-state index in [0.717, 1.165) is 11.1 Å². The van der Waals surface area contributed by atoms with Gasteiger partial charge in [0.05, 0.1) is 11.6 Å². The average molecular weight is 518 g/mol. The van der Waals surface area contributed by atoms with E-state index in [9.17, 15) is 13.6 Å². The second kappa shape index (κ2) is 9.95. The molecule has 2 atom stereocenters. The van der Waals surface area contributed by atoms with Gasteiger partial charge in [-0.15, -0.1) is 4.98 Å². The average Bonchev–Trinajstić information content (AvgIpc) is 2.91. The number of anilines is 1. The van der Waals surface area contributed by atoms with Crippen molar-refractivity contribution in [2.45, 2.75) is 32.0 Å². The molecule has 1 fully saturated rings. The van der Waals surface area contributed by atoms with E-state index in [2.05, 4.69) is 14.7 Å². The molecular formula is C29H26F3N5O. The normalized spacial score (nSPS) is 18.2. The van der Waals surface area contributed by atoms with Crippen molar-refractivity contribution in [2.75, 3.05) is 18.0 Å². The predicted octanol–water partition coefficient (Wildman–Crippen LogP) is 5.59. The summed E-state index contributed by atoms with van der Waals surface area (Å²) < 4.78 is 44.3. The highest BCUT2D eigenvalue weighted by Crippen LogP contribution is 2.37. The first kappa shape index (κ1) is 25.5. The molecular weight excluding hydrogens is 491 g/mol. The third-order valence-corrected chi connectivity index (χ3v) is 7.28. The van der Waals surface area contributed by atoms with Gasteiger partial charge < -0.3 is 14.3 Å². The third kappa shape index (κ3) is 4.41. The molecule has 1 saturated heterocycles. The zero-order valence-electron chi connectivity index (χ0n) is 21.2. The van der Waals surface area contributed by atoms with Gasteiger partial charge >= 0.3 is 0 Å². The van der Waals surface area contributed by atoms with Crippen LogP contribution in [-0.2, 0) is 7.05 Å². The molecule has 1 aliphatic rings. The van der Waals surface area contributed by atoms with E-state index in [1.807, 2.05) is 18.7 Å². The second-order valence-electron chi connectivity index (χ2n) is 9.73. The van der Waals surface area contributed by atoms with E-state index in [1.165, 1.54) is 41.9 Å². The summed E-state index contributed by atoms with van der Waals surface area (Å²) >= 11 is 0. The first-order valence-corrected chi connectivity index (χ1v) is 12.3. The molecule has 0 unspecified atom stereocenters. The van der Waals surface area contributed by atoms with Crippen LogP contribution in [0.2, 0.25) is 0 Å². The number of pyridine rings is 2. The Kier molecular flexibility index (Phi) is 6.67. The summed E-state index contributed by atoms with van der Waals surface area (Å²) in [5.74, 6) is -1.49. The summed E-state index contributed by atoms with van der Waals surface area (Å²) in [6.45, 7) is 12.1. The zero-order valence-corrected chi connectivity index (χ0v) is 21.2. The lowest BCUT2D eigenvalue weighted by Crippen LogP contribution is -2.58. The molecule has 1 aliphatic heterocycles. The van der Waals surface area contributed by atoms with Crippen LogP contribution in [0.25, 0.3) is 15.9 Å². The van der Waals surface area contributed by atoms with Crippen molar-refractivity contribution in [3.63, 3.8) is 0 Å². The molecule has 6 nitrogen and oxygen atoms in total. The van der Waals surface area contributed by atoms with Crippen molar-refractivity contribution < 1.29 is 13.2 Å². The Morgan fingerprint density at radius 2 is 1.47 bits per heavy atom. The molecule has 2 aromatic carbocycles. The van der Waals surface area contributed by atoms with Gasteiger partial charge in [-0.3, -0.25) is 9.69 Å². The fraction of sp³-hybridized carbons (Fsp3) is 0.276. The number of nitrogens with zero attached hydrogens (tertiary/aromatic N) is 5. The maximum atomic E-state index is 15.6. The van der Waals surface area contributed by atoms with Crippen LogP contribution in [0, 0.1) is 24.0 Å². The van der Waals surface area contributed by atoms with Crippen molar-refractivity contribution in [3.8, 4) is 0 Å². The van der Waals surface area contributed by atoms with Crippen LogP contribution in [0.1, 0.15) is 31.0 Å². The lowest BCUT2D eigenvalue weighted by Gasteiger charge is -2.48. The van der Waals surface area contributed by atoms with E-state index in [0.29, 0.717) is 18.6 Å². The molecule has 0 amide bonds. The number of aryl methyl sites for hydroxylation is 1. The summed E-state index contributed by atoms with van der Waals surface area (Å²) in [6, 6.07) is 14.9. The van der Waals surface area contributed by atoms with Crippen LogP contribution in [-0.4, -0.2) is 39.6 Å². The number of halogens is 3. The van der Waals surface area contributed by atoms with Gasteiger partial charge in [0.15, 0.2) is 0 Å². The van der Waals surface area contributed by atoms with Gasteiger partial charge in [-0.25, -0.2) is 8.78 Å². The minimum atomic E-state index is -0.907. The highest BCUT2D eigenvalue weighted by molar-refractivity contribution is 5.90. The molecule has 2 aromatic heterocycles. The SMILES string of the molecule is [C-]#[N+]c1ccc2c(n1)c(N1C[C@@H](C)N(C(c3ccc(F)cc3)c3ccc(F)cc3)C[C@@H]1C)c(F)c(=O)n2C. The summed E-state index contributed by atoms with van der Waals surface area (Å²) in [4.78, 5) is 24.6. The monoisotopic (exact) mass is 517 g/mol. The van der Waals surface area contributed by atoms with Crippen molar-refractivity contribution >= 4 is 22.5 Å². The smallest absolute Gasteiger partial charge is 0.289 e. The van der Waals surface area contributed by atoms with Gasteiger partial charge in [0, 0.05) is 32.2 Å². The summed E-state index contributed by atoms with van der Waals surface area (Å²) in [5, 5.41) is 0. The van der Waals surface area contributed by atoms with Crippen molar-refractivity contribution in [2.24, 2.45) is 7.05 Å². The van der Waals surface area contributed by atoms with E-state index >= 15 is 4.39 Å². The number of rotatable bonds is 4. The van der Waals surface area contributed by atoms with Gasteiger partial charge in [-0.1, -0.05) is 30.8 Å². The van der Waals surface area contributed by atoms with E-state index < -0.39 is 11.4 Å². The van der Waals surface area contributed by atoms with E-state index in [4.69, 9.17) is 6.57 Å². The molecule has 194 valence electrons. The Labute approximate surface area is 218 Å². The first-order chi connectivity index (χ1) is 18.2. The number of hydrogen-bond acceptors (Lipinski definition) is 4. The highest BCUT2D eigenvalue weighted by Gasteiger charge is 2.38. The Bertz CT molecular complexity index is 1550. The van der Waals surface area contributed by atoms with Crippen molar-refractivity contribution in [3.05, 3.63) is 111 Å². The van der Waals surface area contributed by atoms with Crippen LogP contribution in [0.15, 0.2) is 65.5 Å². The lowest BCUT2D eigenvalue weighted by molar-refractivity contribution is 0.129. The predicted molar refractivity (Wildman–Crippen MR) is 141 cm³/mol. The largest absolute Gasteiger partial charge is 0.361 e. The van der Waals surface area contributed by atoms with Crippen LogP contribution in [0.5, 0.6) is 0 Å². The molecule has 0 radical (unpaired) electrons. The number of fused-ring (bicyclic) bond motifs is 1. The van der Waals surface area contributed by atoms with Crippen LogP contribution >= 0.6 is 0 Å². The highest BCUT2D eigenvalue weighted by atomic mass is 19.1. The van der Waals surface area contributed by atoms with E-state index in [-0.39, 0.29) is 46.8 Å². The standard InChI is InChI=1S/C29H26F3N5O/c1-17-16-37(28-25(32)29(38)35(4)23-13-14-24(33-3)34-26(23)28)18(2)15-36(17)27(19-5-9-21(30)10-6-19)20-7-11-22(31)12-8-20/h5-14,17-18,27H,15-16H2,1-2,4H3/t17-,18+/m1/s1. The Hall–Kier alpha value is -4.16. The van der Waals surface area contributed by atoms with Crippen LogP contribution < -0.4 is 10.5 Å². The topological polar surface area (TPSA) is 45.7 Å². The molecule has 5 rings (SSSR count). The molecule has 3 heterocycles. The molecule has 0 N–H and O–H groups in total. The molecule has 0 aliphatic carbocycles. The Morgan fingerprint density at radius 1 is 0.895 bits per heavy atom. The summed E-state index contributed by atoms with van der Waals surface area (Å²) in [7, 11) is 1.48. The minimum absolute atomic E-state index is 0.0905.